The molecule has 0 unspecified atom stereocenters. The minimum absolute atomic E-state index is 0.0334. The predicted molar refractivity (Wildman–Crippen MR) is 84.2 cm³/mol. The van der Waals surface area contributed by atoms with Crippen molar-refractivity contribution in [2.24, 2.45) is 5.73 Å². The lowest BCUT2D eigenvalue weighted by molar-refractivity contribution is -0.134. The summed E-state index contributed by atoms with van der Waals surface area (Å²) in [6.45, 7) is 1.88. The van der Waals surface area contributed by atoms with E-state index >= 15 is 0 Å². The van der Waals surface area contributed by atoms with Crippen molar-refractivity contribution < 1.29 is 14.3 Å². The van der Waals surface area contributed by atoms with Crippen molar-refractivity contribution in [2.45, 2.75) is 56.7 Å². The van der Waals surface area contributed by atoms with Crippen molar-refractivity contribution in [2.75, 3.05) is 26.8 Å². The maximum Gasteiger partial charge on any atom is 0.240 e. The highest BCUT2D eigenvalue weighted by molar-refractivity contribution is 5.84. The number of nitrogens with zero attached hydrogens (tertiary/aromatic N) is 3. The number of hydrogen-bond acceptors (Lipinski definition) is 5. The molecule has 23 heavy (non-hydrogen) atoms. The fraction of sp³-hybridized carbons (Fsp3) is 0.812. The number of rotatable bonds is 6. The first-order valence-electron chi connectivity index (χ1n) is 8.32. The Bertz CT molecular complexity index is 476. The molecule has 2 rings (SSSR count). The molecule has 2 saturated heterocycles. The van der Waals surface area contributed by atoms with Crippen LogP contribution in [0.4, 0.5) is 0 Å². The molecule has 2 heterocycles. The summed E-state index contributed by atoms with van der Waals surface area (Å²) in [7, 11) is 1.64. The number of ether oxygens (including phenoxy) is 1. The Kier molecular flexibility index (Phi) is 6.37. The third-order valence-electron chi connectivity index (χ3n) is 4.73. The van der Waals surface area contributed by atoms with Crippen LogP contribution in [0, 0.1) is 11.3 Å². The fourth-order valence-electron chi connectivity index (χ4n) is 3.45. The largest absolute Gasteiger partial charge is 0.383 e. The SMILES string of the molecule is COC[C@H]1CCCN1C(=O)CC[C@H](N)C(=O)N1CCC[C@H]1C#N. The van der Waals surface area contributed by atoms with Gasteiger partial charge in [-0.1, -0.05) is 0 Å². The monoisotopic (exact) mass is 322 g/mol. The molecule has 128 valence electrons. The van der Waals surface area contributed by atoms with Crippen LogP contribution in [0.1, 0.15) is 38.5 Å². The minimum atomic E-state index is -0.712. The quantitative estimate of drug-likeness (QED) is 0.755. The Balaban J connectivity index is 1.81. The average Bonchev–Trinajstić information content (AvgIpc) is 3.20. The molecule has 2 amide bonds. The van der Waals surface area contributed by atoms with Gasteiger partial charge in [0.15, 0.2) is 0 Å². The first-order chi connectivity index (χ1) is 11.1. The van der Waals surface area contributed by atoms with Gasteiger partial charge in [-0.25, -0.2) is 0 Å². The van der Waals surface area contributed by atoms with E-state index in [9.17, 15) is 9.59 Å². The van der Waals surface area contributed by atoms with Gasteiger partial charge in [-0.3, -0.25) is 9.59 Å². The van der Waals surface area contributed by atoms with Crippen molar-refractivity contribution >= 4 is 11.8 Å². The molecule has 0 bridgehead atoms. The Hall–Kier alpha value is -1.65. The van der Waals surface area contributed by atoms with Crippen molar-refractivity contribution in [1.29, 1.82) is 5.26 Å². The van der Waals surface area contributed by atoms with Crippen LogP contribution >= 0.6 is 0 Å². The minimum Gasteiger partial charge on any atom is -0.383 e. The Morgan fingerprint density at radius 3 is 2.70 bits per heavy atom. The summed E-state index contributed by atoms with van der Waals surface area (Å²) in [5.74, 6) is -0.178. The summed E-state index contributed by atoms with van der Waals surface area (Å²) in [5.41, 5.74) is 5.96. The van der Waals surface area contributed by atoms with E-state index in [-0.39, 0.29) is 30.3 Å². The highest BCUT2D eigenvalue weighted by Crippen LogP contribution is 2.20. The van der Waals surface area contributed by atoms with E-state index in [4.69, 9.17) is 15.7 Å². The normalized spacial score (nSPS) is 25.4. The lowest BCUT2D eigenvalue weighted by atomic mass is 10.1. The van der Waals surface area contributed by atoms with E-state index in [1.165, 1.54) is 0 Å². The molecule has 3 atom stereocenters. The number of likely N-dealkylation sites (tertiary alicyclic amines) is 2. The molecule has 7 nitrogen and oxygen atoms in total. The van der Waals surface area contributed by atoms with E-state index in [1.807, 2.05) is 4.90 Å². The Labute approximate surface area is 137 Å². The Morgan fingerprint density at radius 1 is 1.30 bits per heavy atom. The number of methoxy groups -OCH3 is 1. The van der Waals surface area contributed by atoms with Crippen molar-refractivity contribution in [1.82, 2.24) is 9.80 Å². The maximum atomic E-state index is 12.3. The zero-order chi connectivity index (χ0) is 16.8. The molecular weight excluding hydrogens is 296 g/mol. The summed E-state index contributed by atoms with van der Waals surface area (Å²) in [5, 5.41) is 9.05. The van der Waals surface area contributed by atoms with Gasteiger partial charge in [0, 0.05) is 26.6 Å². The average molecular weight is 322 g/mol. The summed E-state index contributed by atoms with van der Waals surface area (Å²) in [4.78, 5) is 28.1. The van der Waals surface area contributed by atoms with Crippen LogP contribution in [0.2, 0.25) is 0 Å². The van der Waals surface area contributed by atoms with E-state index in [0.717, 1.165) is 25.8 Å². The van der Waals surface area contributed by atoms with E-state index in [0.29, 0.717) is 26.0 Å². The summed E-state index contributed by atoms with van der Waals surface area (Å²) < 4.78 is 5.15. The number of nitrogens with two attached hydrogens (primary N) is 1. The molecule has 0 aromatic rings. The van der Waals surface area contributed by atoms with Crippen LogP contribution in [0.15, 0.2) is 0 Å². The third kappa shape index (κ3) is 4.21. The molecule has 2 fully saturated rings. The highest BCUT2D eigenvalue weighted by Gasteiger charge is 2.33. The lowest BCUT2D eigenvalue weighted by Crippen LogP contribution is -2.46. The summed E-state index contributed by atoms with van der Waals surface area (Å²) in [6, 6.07) is 1.20. The molecule has 0 aliphatic carbocycles. The van der Waals surface area contributed by atoms with Crippen LogP contribution < -0.4 is 5.73 Å². The molecule has 0 spiro atoms. The topological polar surface area (TPSA) is 99.7 Å². The molecule has 2 aliphatic heterocycles. The highest BCUT2D eigenvalue weighted by atomic mass is 16.5. The van der Waals surface area contributed by atoms with Gasteiger partial charge in [-0.15, -0.1) is 0 Å². The van der Waals surface area contributed by atoms with E-state index in [1.54, 1.807) is 12.0 Å². The van der Waals surface area contributed by atoms with E-state index in [2.05, 4.69) is 6.07 Å². The first kappa shape index (κ1) is 17.7. The first-order valence-corrected chi connectivity index (χ1v) is 8.32. The summed E-state index contributed by atoms with van der Waals surface area (Å²) in [6.07, 6.45) is 4.08. The smallest absolute Gasteiger partial charge is 0.240 e. The zero-order valence-electron chi connectivity index (χ0n) is 13.7. The number of carbonyl (C=O) groups is 2. The number of carbonyl (C=O) groups excluding carboxylic acids is 2. The van der Waals surface area contributed by atoms with Crippen molar-refractivity contribution in [3.05, 3.63) is 0 Å². The molecule has 7 heteroatoms. The van der Waals surface area contributed by atoms with Crippen LogP contribution in [0.3, 0.4) is 0 Å². The second-order valence-corrected chi connectivity index (χ2v) is 6.30. The lowest BCUT2D eigenvalue weighted by Gasteiger charge is -2.26. The fourth-order valence-corrected chi connectivity index (χ4v) is 3.45. The third-order valence-corrected chi connectivity index (χ3v) is 4.73. The van der Waals surface area contributed by atoms with Gasteiger partial charge in [0.2, 0.25) is 11.8 Å². The number of amides is 2. The van der Waals surface area contributed by atoms with Crippen LogP contribution in [-0.4, -0.2) is 66.5 Å². The van der Waals surface area contributed by atoms with Crippen LogP contribution in [0.25, 0.3) is 0 Å². The number of hydrogen-bond donors (Lipinski definition) is 1. The Morgan fingerprint density at radius 2 is 2.00 bits per heavy atom. The maximum absolute atomic E-state index is 12.3. The van der Waals surface area contributed by atoms with Crippen LogP contribution in [-0.2, 0) is 14.3 Å². The number of nitriles is 1. The van der Waals surface area contributed by atoms with E-state index < -0.39 is 6.04 Å². The summed E-state index contributed by atoms with van der Waals surface area (Å²) >= 11 is 0. The standard InChI is InChI=1S/C16H26N4O3/c1-23-11-13-5-3-8-19(13)15(21)7-6-14(18)16(22)20-9-2-4-12(20)10-17/h12-14H,2-9,11,18H2,1H3/t12-,13+,14-/m0/s1. The molecule has 0 saturated carbocycles. The van der Waals surface area contributed by atoms with Gasteiger partial charge in [-0.2, -0.15) is 5.26 Å². The van der Waals surface area contributed by atoms with Gasteiger partial charge < -0.3 is 20.3 Å². The zero-order valence-corrected chi connectivity index (χ0v) is 13.7. The van der Waals surface area contributed by atoms with Gasteiger partial charge in [-0.05, 0) is 32.1 Å². The second-order valence-electron chi connectivity index (χ2n) is 6.30. The molecule has 0 radical (unpaired) electrons. The second kappa shape index (κ2) is 8.27. The van der Waals surface area contributed by atoms with Crippen molar-refractivity contribution in [3.63, 3.8) is 0 Å². The molecule has 2 N–H and O–H groups in total. The predicted octanol–water partition coefficient (Wildman–Crippen LogP) is 0.246. The molecule has 0 aromatic carbocycles. The van der Waals surface area contributed by atoms with Crippen molar-refractivity contribution in [3.8, 4) is 6.07 Å². The van der Waals surface area contributed by atoms with Gasteiger partial charge >= 0.3 is 0 Å². The molecule has 0 aromatic heterocycles. The van der Waals surface area contributed by atoms with Gasteiger partial charge in [0.1, 0.15) is 6.04 Å². The van der Waals surface area contributed by atoms with Crippen LogP contribution in [0.5, 0.6) is 0 Å². The van der Waals surface area contributed by atoms with Gasteiger partial charge in [0.25, 0.3) is 0 Å². The van der Waals surface area contributed by atoms with Gasteiger partial charge in [0.05, 0.1) is 24.8 Å². The molecular formula is C16H26N4O3. The molecule has 2 aliphatic rings.